The van der Waals surface area contributed by atoms with E-state index in [1.807, 2.05) is 42.5 Å². The summed E-state index contributed by atoms with van der Waals surface area (Å²) in [4.78, 5) is 27.6. The molecule has 152 valence electrons. The van der Waals surface area contributed by atoms with Gasteiger partial charge in [-0.25, -0.2) is 0 Å². The predicted octanol–water partition coefficient (Wildman–Crippen LogP) is 4.73. The summed E-state index contributed by atoms with van der Waals surface area (Å²) in [6.45, 7) is 1.40. The Morgan fingerprint density at radius 1 is 0.833 bits per heavy atom. The number of amides is 2. The minimum atomic E-state index is -0.318. The summed E-state index contributed by atoms with van der Waals surface area (Å²) in [5, 5.41) is 2.80. The minimum Gasteiger partial charge on any atom is -0.457 e. The Balaban J connectivity index is 1.61. The molecule has 2 aromatic carbocycles. The molecule has 0 radical (unpaired) electrons. The number of likely N-dealkylation sites (tertiary alicyclic amines) is 1. The van der Waals surface area contributed by atoms with Gasteiger partial charge in [0.25, 0.3) is 11.8 Å². The summed E-state index contributed by atoms with van der Waals surface area (Å²) in [6, 6.07) is 22.3. The van der Waals surface area contributed by atoms with Crippen LogP contribution in [-0.2, 0) is 4.79 Å². The second kappa shape index (κ2) is 9.27. The van der Waals surface area contributed by atoms with E-state index in [-0.39, 0.29) is 17.5 Å². The topological polar surface area (TPSA) is 62.6 Å². The third kappa shape index (κ3) is 4.69. The minimum absolute atomic E-state index is 0.184. The van der Waals surface area contributed by atoms with Gasteiger partial charge >= 0.3 is 0 Å². The Morgan fingerprint density at radius 2 is 1.50 bits per heavy atom. The molecule has 5 nitrogen and oxygen atoms in total. The lowest BCUT2D eigenvalue weighted by atomic mass is 10.1. The first-order valence-corrected chi connectivity index (χ1v) is 10.2. The van der Waals surface area contributed by atoms with Gasteiger partial charge in [0.15, 0.2) is 0 Å². The van der Waals surface area contributed by atoms with E-state index in [1.54, 1.807) is 41.3 Å². The van der Waals surface area contributed by atoms with Crippen LogP contribution in [0.15, 0.2) is 82.9 Å². The lowest BCUT2D eigenvalue weighted by Gasteiger charge is -2.27. The van der Waals surface area contributed by atoms with Crippen molar-refractivity contribution in [3.05, 3.63) is 89.8 Å². The molecule has 1 aliphatic heterocycles. The van der Waals surface area contributed by atoms with Gasteiger partial charge in [0.1, 0.15) is 17.2 Å². The molecule has 1 aromatic heterocycles. The normalized spacial score (nSPS) is 14.4. The molecule has 0 unspecified atom stereocenters. The van der Waals surface area contributed by atoms with Gasteiger partial charge in [-0.3, -0.25) is 9.59 Å². The lowest BCUT2D eigenvalue weighted by molar-refractivity contribution is -0.128. The molecule has 1 aliphatic rings. The first-order valence-electron chi connectivity index (χ1n) is 10.2. The van der Waals surface area contributed by atoms with Crippen LogP contribution in [0.4, 0.5) is 0 Å². The molecular formula is C25H24N2O3. The number of rotatable bonds is 5. The van der Waals surface area contributed by atoms with Crippen molar-refractivity contribution in [1.29, 1.82) is 0 Å². The van der Waals surface area contributed by atoms with Crippen LogP contribution in [0.1, 0.15) is 35.4 Å². The molecule has 5 heteroatoms. The average molecular weight is 400 g/mol. The maximum Gasteiger partial charge on any atom is 0.270 e. The first kappa shape index (κ1) is 19.7. The molecule has 2 heterocycles. The van der Waals surface area contributed by atoms with Crippen molar-refractivity contribution in [3.63, 3.8) is 0 Å². The summed E-state index contributed by atoms with van der Waals surface area (Å²) < 4.78 is 5.93. The van der Waals surface area contributed by atoms with E-state index in [0.29, 0.717) is 30.2 Å². The summed E-state index contributed by atoms with van der Waals surface area (Å²) >= 11 is 0. The van der Waals surface area contributed by atoms with Crippen molar-refractivity contribution in [1.82, 2.24) is 10.2 Å². The molecule has 2 amide bonds. The number of hydrogen-bond donors (Lipinski definition) is 1. The fourth-order valence-corrected chi connectivity index (χ4v) is 3.53. The van der Waals surface area contributed by atoms with Gasteiger partial charge in [0.05, 0.1) is 0 Å². The van der Waals surface area contributed by atoms with Crippen molar-refractivity contribution < 1.29 is 14.0 Å². The summed E-state index contributed by atoms with van der Waals surface area (Å²) in [7, 11) is 0. The number of furan rings is 1. The van der Waals surface area contributed by atoms with Crippen LogP contribution < -0.4 is 5.32 Å². The molecule has 3 aromatic rings. The third-order valence-corrected chi connectivity index (χ3v) is 5.13. The molecule has 1 N–H and O–H groups in total. The van der Waals surface area contributed by atoms with Gasteiger partial charge in [0.2, 0.25) is 0 Å². The fourth-order valence-electron chi connectivity index (χ4n) is 3.53. The number of carbonyl (C=O) groups is 2. The van der Waals surface area contributed by atoms with Gasteiger partial charge in [-0.1, -0.05) is 48.5 Å². The van der Waals surface area contributed by atoms with Crippen molar-refractivity contribution >= 4 is 17.9 Å². The van der Waals surface area contributed by atoms with Crippen LogP contribution in [0.25, 0.3) is 17.4 Å². The lowest BCUT2D eigenvalue weighted by Crippen LogP contribution is -2.41. The zero-order valence-electron chi connectivity index (χ0n) is 16.7. The van der Waals surface area contributed by atoms with Crippen molar-refractivity contribution in [2.75, 3.05) is 13.1 Å². The Morgan fingerprint density at radius 3 is 2.20 bits per heavy atom. The van der Waals surface area contributed by atoms with Crippen molar-refractivity contribution in [3.8, 4) is 11.3 Å². The van der Waals surface area contributed by atoms with Gasteiger partial charge < -0.3 is 14.6 Å². The van der Waals surface area contributed by atoms with Gasteiger partial charge in [-0.15, -0.1) is 0 Å². The highest BCUT2D eigenvalue weighted by Gasteiger charge is 2.23. The maximum absolute atomic E-state index is 13.1. The highest BCUT2D eigenvalue weighted by molar-refractivity contribution is 6.05. The quantitative estimate of drug-likeness (QED) is 0.630. The second-order valence-electron chi connectivity index (χ2n) is 7.30. The largest absolute Gasteiger partial charge is 0.457 e. The molecule has 4 rings (SSSR count). The highest BCUT2D eigenvalue weighted by Crippen LogP contribution is 2.23. The molecule has 0 bridgehead atoms. The van der Waals surface area contributed by atoms with E-state index in [9.17, 15) is 9.59 Å². The van der Waals surface area contributed by atoms with Crippen LogP contribution in [0.5, 0.6) is 0 Å². The molecule has 0 saturated carbocycles. The van der Waals surface area contributed by atoms with Crippen LogP contribution >= 0.6 is 0 Å². The Kier molecular flexibility index (Phi) is 6.09. The van der Waals surface area contributed by atoms with E-state index in [4.69, 9.17) is 4.42 Å². The Labute approximate surface area is 176 Å². The Bertz CT molecular complexity index is 1030. The molecule has 0 atom stereocenters. The number of piperidine rings is 1. The van der Waals surface area contributed by atoms with E-state index < -0.39 is 0 Å². The van der Waals surface area contributed by atoms with E-state index in [2.05, 4.69) is 5.32 Å². The van der Waals surface area contributed by atoms with Crippen molar-refractivity contribution in [2.45, 2.75) is 19.3 Å². The van der Waals surface area contributed by atoms with Gasteiger partial charge in [0, 0.05) is 30.3 Å². The number of carbonyl (C=O) groups excluding carboxylic acids is 2. The molecule has 0 aliphatic carbocycles. The van der Waals surface area contributed by atoms with Crippen LogP contribution in [0, 0.1) is 0 Å². The number of benzene rings is 2. The van der Waals surface area contributed by atoms with Crippen molar-refractivity contribution in [2.24, 2.45) is 0 Å². The monoisotopic (exact) mass is 400 g/mol. The molecule has 30 heavy (non-hydrogen) atoms. The van der Waals surface area contributed by atoms with Gasteiger partial charge in [-0.2, -0.15) is 0 Å². The van der Waals surface area contributed by atoms with Crippen LogP contribution in [-0.4, -0.2) is 29.8 Å². The Hall–Kier alpha value is -3.60. The molecule has 1 saturated heterocycles. The third-order valence-electron chi connectivity index (χ3n) is 5.13. The first-order chi connectivity index (χ1) is 14.7. The summed E-state index contributed by atoms with van der Waals surface area (Å²) in [5.74, 6) is 0.724. The summed E-state index contributed by atoms with van der Waals surface area (Å²) in [5.41, 5.74) is 1.67. The molecule has 0 spiro atoms. The van der Waals surface area contributed by atoms with Gasteiger partial charge in [-0.05, 0) is 43.5 Å². The average Bonchev–Trinajstić information content (AvgIpc) is 3.28. The van der Waals surface area contributed by atoms with E-state index >= 15 is 0 Å². The zero-order valence-corrected chi connectivity index (χ0v) is 16.7. The van der Waals surface area contributed by atoms with Crippen LogP contribution in [0.3, 0.4) is 0 Å². The zero-order chi connectivity index (χ0) is 20.8. The predicted molar refractivity (Wildman–Crippen MR) is 116 cm³/mol. The number of nitrogens with one attached hydrogen (secondary N) is 1. The second-order valence-corrected chi connectivity index (χ2v) is 7.30. The fraction of sp³-hybridized carbons (Fsp3) is 0.200. The van der Waals surface area contributed by atoms with E-state index in [1.165, 1.54) is 0 Å². The standard InChI is InChI=1S/C25H24N2O3/c28-24(20-12-6-2-7-13-20)26-22(25(29)27-16-8-3-9-17-27)18-21-14-15-23(30-21)19-10-4-1-5-11-19/h1-2,4-7,10-15,18H,3,8-9,16-17H2,(H,26,28). The smallest absolute Gasteiger partial charge is 0.270 e. The van der Waals surface area contributed by atoms with E-state index in [0.717, 1.165) is 24.8 Å². The highest BCUT2D eigenvalue weighted by atomic mass is 16.3. The number of hydrogen-bond acceptors (Lipinski definition) is 3. The SMILES string of the molecule is O=C(NC(=Cc1ccc(-c2ccccc2)o1)C(=O)N1CCCCC1)c1ccccc1. The number of nitrogens with zero attached hydrogens (tertiary/aromatic N) is 1. The van der Waals surface area contributed by atoms with Crippen LogP contribution in [0.2, 0.25) is 0 Å². The molecule has 1 fully saturated rings. The maximum atomic E-state index is 13.1. The molecular weight excluding hydrogens is 376 g/mol. The summed E-state index contributed by atoms with van der Waals surface area (Å²) in [6.07, 6.45) is 4.69.